The summed E-state index contributed by atoms with van der Waals surface area (Å²) in [5.74, 6) is 1.02. The van der Waals surface area contributed by atoms with E-state index in [2.05, 4.69) is 22.0 Å². The average molecular weight is 350 g/mol. The van der Waals surface area contributed by atoms with Crippen LogP contribution in [0.2, 0.25) is 0 Å². The number of para-hydroxylation sites is 1. The SMILES string of the molecule is NC(CC1CCOc2ccccc21)c1cccc(F)c1Br. The van der Waals surface area contributed by atoms with E-state index >= 15 is 0 Å². The summed E-state index contributed by atoms with van der Waals surface area (Å²) in [5.41, 5.74) is 8.33. The number of rotatable bonds is 3. The third-order valence-electron chi connectivity index (χ3n) is 4.00. The van der Waals surface area contributed by atoms with Gasteiger partial charge in [-0.2, -0.15) is 0 Å². The predicted molar refractivity (Wildman–Crippen MR) is 84.9 cm³/mol. The molecule has 0 saturated carbocycles. The monoisotopic (exact) mass is 349 g/mol. The first-order valence-corrected chi connectivity index (χ1v) is 7.87. The molecule has 0 fully saturated rings. The maximum Gasteiger partial charge on any atom is 0.137 e. The van der Waals surface area contributed by atoms with Crippen LogP contribution in [0, 0.1) is 5.82 Å². The van der Waals surface area contributed by atoms with Crippen LogP contribution in [-0.4, -0.2) is 6.61 Å². The summed E-state index contributed by atoms with van der Waals surface area (Å²) >= 11 is 3.30. The molecule has 4 heteroatoms. The molecule has 2 N–H and O–H groups in total. The van der Waals surface area contributed by atoms with E-state index in [9.17, 15) is 4.39 Å². The lowest BCUT2D eigenvalue weighted by Gasteiger charge is -2.28. The smallest absolute Gasteiger partial charge is 0.137 e. The van der Waals surface area contributed by atoms with Gasteiger partial charge in [-0.05, 0) is 57.9 Å². The van der Waals surface area contributed by atoms with Gasteiger partial charge in [-0.15, -0.1) is 0 Å². The minimum atomic E-state index is -0.268. The Bertz CT molecular complexity index is 646. The lowest BCUT2D eigenvalue weighted by atomic mass is 9.86. The molecule has 3 rings (SSSR count). The quantitative estimate of drug-likeness (QED) is 0.882. The van der Waals surface area contributed by atoms with E-state index in [1.807, 2.05) is 24.3 Å². The second-order valence-corrected chi connectivity index (χ2v) is 6.15. The molecule has 2 aromatic rings. The van der Waals surface area contributed by atoms with E-state index in [-0.39, 0.29) is 11.9 Å². The van der Waals surface area contributed by atoms with E-state index in [0.29, 0.717) is 17.0 Å². The van der Waals surface area contributed by atoms with Gasteiger partial charge in [0.05, 0.1) is 11.1 Å². The Morgan fingerprint density at radius 2 is 2.05 bits per heavy atom. The highest BCUT2D eigenvalue weighted by molar-refractivity contribution is 9.10. The molecule has 0 aliphatic carbocycles. The van der Waals surface area contributed by atoms with Crippen LogP contribution in [0.1, 0.15) is 35.9 Å². The standard InChI is InChI=1S/C17H17BrFNO/c18-17-13(5-3-6-14(17)19)15(20)10-11-8-9-21-16-7-2-1-4-12(11)16/h1-7,11,15H,8-10,20H2. The molecule has 0 spiro atoms. The zero-order valence-electron chi connectivity index (χ0n) is 11.6. The van der Waals surface area contributed by atoms with Crippen molar-refractivity contribution in [3.63, 3.8) is 0 Å². The molecule has 0 aromatic heterocycles. The predicted octanol–water partition coefficient (Wildman–Crippen LogP) is 4.54. The fraction of sp³-hybridized carbons (Fsp3) is 0.294. The lowest BCUT2D eigenvalue weighted by molar-refractivity contribution is 0.259. The molecule has 0 saturated heterocycles. The summed E-state index contributed by atoms with van der Waals surface area (Å²) in [7, 11) is 0. The number of benzene rings is 2. The van der Waals surface area contributed by atoms with Gasteiger partial charge in [0, 0.05) is 6.04 Å². The van der Waals surface area contributed by atoms with Gasteiger partial charge in [0.15, 0.2) is 0 Å². The first kappa shape index (κ1) is 14.5. The van der Waals surface area contributed by atoms with Gasteiger partial charge in [-0.3, -0.25) is 0 Å². The van der Waals surface area contributed by atoms with Crippen molar-refractivity contribution in [2.24, 2.45) is 5.73 Å². The van der Waals surface area contributed by atoms with Crippen LogP contribution in [0.5, 0.6) is 5.75 Å². The van der Waals surface area contributed by atoms with Crippen LogP contribution in [0.15, 0.2) is 46.9 Å². The first-order valence-electron chi connectivity index (χ1n) is 7.08. The number of ether oxygens (including phenoxy) is 1. The summed E-state index contributed by atoms with van der Waals surface area (Å²) in [5, 5.41) is 0. The third kappa shape index (κ3) is 2.97. The molecule has 0 radical (unpaired) electrons. The van der Waals surface area contributed by atoms with E-state index in [0.717, 1.165) is 24.2 Å². The maximum atomic E-state index is 13.6. The van der Waals surface area contributed by atoms with E-state index in [1.54, 1.807) is 6.07 Å². The van der Waals surface area contributed by atoms with Crippen LogP contribution < -0.4 is 10.5 Å². The van der Waals surface area contributed by atoms with Gasteiger partial charge < -0.3 is 10.5 Å². The Morgan fingerprint density at radius 1 is 1.24 bits per heavy atom. The Morgan fingerprint density at radius 3 is 2.90 bits per heavy atom. The normalized spacial score (nSPS) is 18.7. The Hall–Kier alpha value is -1.39. The molecule has 2 unspecified atom stereocenters. The molecule has 110 valence electrons. The summed E-state index contributed by atoms with van der Waals surface area (Å²) in [6, 6.07) is 12.9. The molecule has 1 aliphatic rings. The topological polar surface area (TPSA) is 35.2 Å². The summed E-state index contributed by atoms with van der Waals surface area (Å²) < 4.78 is 19.8. The number of hydrogen-bond donors (Lipinski definition) is 1. The van der Waals surface area contributed by atoms with Crippen molar-refractivity contribution in [1.29, 1.82) is 0 Å². The zero-order valence-corrected chi connectivity index (χ0v) is 13.1. The molecular weight excluding hydrogens is 333 g/mol. The van der Waals surface area contributed by atoms with Crippen LogP contribution in [0.25, 0.3) is 0 Å². The Kier molecular flexibility index (Phi) is 4.27. The number of nitrogens with two attached hydrogens (primary N) is 1. The van der Waals surface area contributed by atoms with Gasteiger partial charge in [0.25, 0.3) is 0 Å². The number of hydrogen-bond acceptors (Lipinski definition) is 2. The van der Waals surface area contributed by atoms with Crippen LogP contribution in [-0.2, 0) is 0 Å². The molecule has 1 heterocycles. The van der Waals surface area contributed by atoms with E-state index in [1.165, 1.54) is 11.6 Å². The summed E-state index contributed by atoms with van der Waals surface area (Å²) in [4.78, 5) is 0. The molecule has 0 amide bonds. The number of fused-ring (bicyclic) bond motifs is 1. The van der Waals surface area contributed by atoms with E-state index < -0.39 is 0 Å². The second kappa shape index (κ2) is 6.16. The van der Waals surface area contributed by atoms with Crippen molar-refractivity contribution in [2.75, 3.05) is 6.61 Å². The Balaban J connectivity index is 1.83. The maximum absolute atomic E-state index is 13.6. The minimum absolute atomic E-state index is 0.203. The molecule has 21 heavy (non-hydrogen) atoms. The van der Waals surface area contributed by atoms with Crippen LogP contribution in [0.3, 0.4) is 0 Å². The second-order valence-electron chi connectivity index (χ2n) is 5.36. The van der Waals surface area contributed by atoms with Crippen molar-refractivity contribution in [3.8, 4) is 5.75 Å². The lowest BCUT2D eigenvalue weighted by Crippen LogP contribution is -2.20. The van der Waals surface area contributed by atoms with Gasteiger partial charge in [-0.1, -0.05) is 30.3 Å². The molecule has 2 aromatic carbocycles. The zero-order chi connectivity index (χ0) is 14.8. The van der Waals surface area contributed by atoms with Gasteiger partial charge in [0.2, 0.25) is 0 Å². The largest absolute Gasteiger partial charge is 0.493 e. The highest BCUT2D eigenvalue weighted by atomic mass is 79.9. The van der Waals surface area contributed by atoms with Gasteiger partial charge in [0.1, 0.15) is 11.6 Å². The average Bonchev–Trinajstić information content (AvgIpc) is 2.50. The fourth-order valence-corrected chi connectivity index (χ4v) is 3.46. The summed E-state index contributed by atoms with van der Waals surface area (Å²) in [6.45, 7) is 0.707. The van der Waals surface area contributed by atoms with E-state index in [4.69, 9.17) is 10.5 Å². The van der Waals surface area contributed by atoms with Crippen LogP contribution in [0.4, 0.5) is 4.39 Å². The van der Waals surface area contributed by atoms with Crippen molar-refractivity contribution < 1.29 is 9.13 Å². The van der Waals surface area contributed by atoms with Crippen LogP contribution >= 0.6 is 15.9 Å². The minimum Gasteiger partial charge on any atom is -0.493 e. The summed E-state index contributed by atoms with van der Waals surface area (Å²) in [6.07, 6.45) is 1.72. The van der Waals surface area contributed by atoms with Crippen molar-refractivity contribution in [2.45, 2.75) is 24.8 Å². The first-order chi connectivity index (χ1) is 10.2. The highest BCUT2D eigenvalue weighted by Gasteiger charge is 2.24. The molecular formula is C17H17BrFNO. The van der Waals surface area contributed by atoms with Crippen molar-refractivity contribution in [3.05, 3.63) is 63.9 Å². The molecule has 0 bridgehead atoms. The van der Waals surface area contributed by atoms with Gasteiger partial charge in [-0.25, -0.2) is 4.39 Å². The molecule has 2 nitrogen and oxygen atoms in total. The Labute approximate surface area is 132 Å². The molecule has 1 aliphatic heterocycles. The highest BCUT2D eigenvalue weighted by Crippen LogP contribution is 2.39. The third-order valence-corrected chi connectivity index (χ3v) is 4.84. The van der Waals surface area contributed by atoms with Gasteiger partial charge >= 0.3 is 0 Å². The van der Waals surface area contributed by atoms with Crippen molar-refractivity contribution in [1.82, 2.24) is 0 Å². The molecule has 2 atom stereocenters. The number of halogens is 2. The van der Waals surface area contributed by atoms with Crippen molar-refractivity contribution >= 4 is 15.9 Å². The fourth-order valence-electron chi connectivity index (χ4n) is 2.90.